The van der Waals surface area contributed by atoms with E-state index in [1.54, 1.807) is 7.11 Å². The van der Waals surface area contributed by atoms with Gasteiger partial charge in [-0.2, -0.15) is 0 Å². The zero-order valence-corrected chi connectivity index (χ0v) is 16.3. The van der Waals surface area contributed by atoms with Crippen molar-refractivity contribution in [1.82, 2.24) is 0 Å². The summed E-state index contributed by atoms with van der Waals surface area (Å²) in [7, 11) is 1.71. The molecular weight excluding hydrogens is 352 g/mol. The molecule has 0 radical (unpaired) electrons. The second-order valence-corrected chi connectivity index (χ2v) is 7.74. The van der Waals surface area contributed by atoms with Gasteiger partial charge in [0, 0.05) is 0 Å². The first-order valence-corrected chi connectivity index (χ1v) is 10.0. The van der Waals surface area contributed by atoms with Gasteiger partial charge in [0.25, 0.3) is 0 Å². The van der Waals surface area contributed by atoms with Crippen molar-refractivity contribution < 1.29 is 4.74 Å². The Labute approximate surface area is 169 Å². The average Bonchev–Trinajstić information content (AvgIpc) is 2.79. The lowest BCUT2D eigenvalue weighted by Crippen LogP contribution is -1.94. The Bertz CT molecular complexity index is 1490. The van der Waals surface area contributed by atoms with E-state index in [-0.39, 0.29) is 0 Å². The van der Waals surface area contributed by atoms with E-state index in [1.807, 2.05) is 12.1 Å². The summed E-state index contributed by atoms with van der Waals surface area (Å²) in [4.78, 5) is 0. The maximum atomic E-state index is 5.32. The van der Waals surface area contributed by atoms with Crippen molar-refractivity contribution in [2.75, 3.05) is 7.11 Å². The molecule has 6 aromatic carbocycles. The van der Waals surface area contributed by atoms with Gasteiger partial charge in [0.2, 0.25) is 0 Å². The van der Waals surface area contributed by atoms with E-state index < -0.39 is 0 Å². The second kappa shape index (κ2) is 6.22. The summed E-state index contributed by atoms with van der Waals surface area (Å²) in [5, 5.41) is 10.8. The molecule has 6 aromatic rings. The third kappa shape index (κ3) is 2.41. The van der Waals surface area contributed by atoms with Gasteiger partial charge < -0.3 is 4.74 Å². The first-order chi connectivity index (χ1) is 14.3. The summed E-state index contributed by atoms with van der Waals surface area (Å²) in [6.45, 7) is 0. The van der Waals surface area contributed by atoms with Crippen molar-refractivity contribution in [1.29, 1.82) is 0 Å². The van der Waals surface area contributed by atoms with Gasteiger partial charge in [0.1, 0.15) is 5.75 Å². The number of methoxy groups -OCH3 is 1. The highest BCUT2D eigenvalue weighted by Gasteiger charge is 2.15. The van der Waals surface area contributed by atoms with Gasteiger partial charge >= 0.3 is 0 Å². The van der Waals surface area contributed by atoms with Gasteiger partial charge in [0.15, 0.2) is 0 Å². The smallest absolute Gasteiger partial charge is 0.118 e. The van der Waals surface area contributed by atoms with Crippen LogP contribution in [0.4, 0.5) is 0 Å². The Morgan fingerprint density at radius 3 is 2.00 bits per heavy atom. The quantitative estimate of drug-likeness (QED) is 0.233. The second-order valence-electron chi connectivity index (χ2n) is 7.74. The fourth-order valence-electron chi connectivity index (χ4n) is 4.82. The van der Waals surface area contributed by atoms with Crippen LogP contribution in [0.25, 0.3) is 43.1 Å². The van der Waals surface area contributed by atoms with Crippen LogP contribution >= 0.6 is 0 Å². The maximum absolute atomic E-state index is 5.32. The molecular formula is C28H20O. The lowest BCUT2D eigenvalue weighted by molar-refractivity contribution is 0.414. The van der Waals surface area contributed by atoms with Crippen molar-refractivity contribution in [2.45, 2.75) is 6.42 Å². The lowest BCUT2D eigenvalue weighted by atomic mass is 9.86. The molecule has 0 fully saturated rings. The van der Waals surface area contributed by atoms with Crippen LogP contribution < -0.4 is 4.74 Å². The van der Waals surface area contributed by atoms with E-state index in [1.165, 1.54) is 54.2 Å². The molecule has 0 aliphatic rings. The van der Waals surface area contributed by atoms with Crippen LogP contribution in [-0.4, -0.2) is 7.11 Å². The van der Waals surface area contributed by atoms with Crippen LogP contribution in [0, 0.1) is 0 Å². The van der Waals surface area contributed by atoms with Gasteiger partial charge in [-0.1, -0.05) is 78.9 Å². The highest BCUT2D eigenvalue weighted by molar-refractivity contribution is 6.34. The molecule has 0 bridgehead atoms. The molecule has 138 valence electrons. The Kier molecular flexibility index (Phi) is 3.51. The maximum Gasteiger partial charge on any atom is 0.118 e. The normalized spacial score (nSPS) is 11.8. The molecule has 6 rings (SSSR count). The molecule has 0 aliphatic heterocycles. The SMILES string of the molecule is COc1ccc(Cc2ccc3ccc4cccc5c6ccccc6c2c3c45)cc1. The molecule has 1 nitrogen and oxygen atoms in total. The minimum absolute atomic E-state index is 0.898. The summed E-state index contributed by atoms with van der Waals surface area (Å²) in [6.07, 6.45) is 0.905. The number of ether oxygens (including phenoxy) is 1. The standard InChI is InChI=1S/C28H20O/c1-29-22-15-9-18(10-16-22)17-21-14-13-20-12-11-19-5-4-8-25-23-6-2-3-7-24(23)27(21)28(20)26(19)25/h2-16H,17H2,1H3. The van der Waals surface area contributed by atoms with Crippen LogP contribution in [0.5, 0.6) is 5.75 Å². The predicted octanol–water partition coefficient (Wildman–Crippen LogP) is 7.34. The molecule has 0 unspecified atom stereocenters. The lowest BCUT2D eigenvalue weighted by Gasteiger charge is -2.17. The van der Waals surface area contributed by atoms with E-state index in [0.29, 0.717) is 0 Å². The molecule has 1 heteroatoms. The van der Waals surface area contributed by atoms with Crippen LogP contribution in [0.2, 0.25) is 0 Å². The minimum atomic E-state index is 0.898. The Balaban J connectivity index is 1.73. The summed E-state index contributed by atoms with van der Waals surface area (Å²) in [6, 6.07) is 33.0. The molecule has 0 amide bonds. The van der Waals surface area contributed by atoms with Crippen molar-refractivity contribution in [3.63, 3.8) is 0 Å². The van der Waals surface area contributed by atoms with Gasteiger partial charge in [0.05, 0.1) is 7.11 Å². The topological polar surface area (TPSA) is 9.23 Å². The summed E-state index contributed by atoms with van der Waals surface area (Å²) >= 11 is 0. The summed E-state index contributed by atoms with van der Waals surface area (Å²) < 4.78 is 5.32. The van der Waals surface area contributed by atoms with Crippen molar-refractivity contribution in [3.8, 4) is 5.75 Å². The number of fused-ring (bicyclic) bond motifs is 3. The van der Waals surface area contributed by atoms with E-state index in [4.69, 9.17) is 4.74 Å². The zero-order chi connectivity index (χ0) is 19.4. The third-order valence-corrected chi connectivity index (χ3v) is 6.15. The fraction of sp³-hybridized carbons (Fsp3) is 0.0714. The molecule has 29 heavy (non-hydrogen) atoms. The minimum Gasteiger partial charge on any atom is -0.497 e. The molecule has 0 aliphatic carbocycles. The Morgan fingerprint density at radius 2 is 1.21 bits per heavy atom. The molecule has 0 atom stereocenters. The van der Waals surface area contributed by atoms with Crippen LogP contribution in [-0.2, 0) is 6.42 Å². The van der Waals surface area contributed by atoms with E-state index >= 15 is 0 Å². The van der Waals surface area contributed by atoms with Gasteiger partial charge in [-0.15, -0.1) is 0 Å². The summed E-state index contributed by atoms with van der Waals surface area (Å²) in [5.74, 6) is 0.898. The third-order valence-electron chi connectivity index (χ3n) is 6.15. The molecule has 0 aromatic heterocycles. The van der Waals surface area contributed by atoms with Crippen LogP contribution in [0.3, 0.4) is 0 Å². The predicted molar refractivity (Wildman–Crippen MR) is 123 cm³/mol. The number of hydrogen-bond donors (Lipinski definition) is 0. The van der Waals surface area contributed by atoms with Crippen molar-refractivity contribution in [3.05, 3.63) is 102 Å². The van der Waals surface area contributed by atoms with E-state index in [2.05, 4.69) is 78.9 Å². The van der Waals surface area contributed by atoms with Crippen molar-refractivity contribution in [2.24, 2.45) is 0 Å². The summed E-state index contributed by atoms with van der Waals surface area (Å²) in [5.41, 5.74) is 2.67. The molecule has 0 heterocycles. The first kappa shape index (κ1) is 16.4. The Hall–Kier alpha value is -3.58. The van der Waals surface area contributed by atoms with E-state index in [9.17, 15) is 0 Å². The number of benzene rings is 6. The molecule has 0 saturated heterocycles. The fourth-order valence-corrected chi connectivity index (χ4v) is 4.82. The van der Waals surface area contributed by atoms with E-state index in [0.717, 1.165) is 12.2 Å². The average molecular weight is 372 g/mol. The first-order valence-electron chi connectivity index (χ1n) is 10.0. The molecule has 0 spiro atoms. The van der Waals surface area contributed by atoms with Gasteiger partial charge in [-0.05, 0) is 72.8 Å². The monoisotopic (exact) mass is 372 g/mol. The molecule has 0 N–H and O–H groups in total. The van der Waals surface area contributed by atoms with Crippen LogP contribution in [0.1, 0.15) is 11.1 Å². The highest BCUT2D eigenvalue weighted by atomic mass is 16.5. The van der Waals surface area contributed by atoms with Gasteiger partial charge in [-0.25, -0.2) is 0 Å². The highest BCUT2D eigenvalue weighted by Crippen LogP contribution is 2.42. The number of hydrogen-bond acceptors (Lipinski definition) is 1. The number of rotatable bonds is 3. The zero-order valence-electron chi connectivity index (χ0n) is 16.3. The molecule has 0 saturated carbocycles. The van der Waals surface area contributed by atoms with Gasteiger partial charge in [-0.3, -0.25) is 0 Å². The van der Waals surface area contributed by atoms with Crippen LogP contribution in [0.15, 0.2) is 91.0 Å². The largest absolute Gasteiger partial charge is 0.497 e. The van der Waals surface area contributed by atoms with Crippen molar-refractivity contribution >= 4 is 43.1 Å². The Morgan fingerprint density at radius 1 is 0.552 bits per heavy atom.